The molecule has 4 saturated heterocycles. The minimum atomic E-state index is -0.216. The first-order valence-electron chi connectivity index (χ1n) is 12.1. The Kier molecular flexibility index (Phi) is 7.41. The Hall–Kier alpha value is -0.730. The van der Waals surface area contributed by atoms with E-state index in [1.807, 2.05) is 0 Å². The standard InChI is InChI=1S/C25H25Br4N3O5/c26-18-13(1-9-5-34-9)17(14(2-10-6-35-10)19(27)22(18)30)25(33)32-24-15(3-11-7-36-11)20(28)23(31)21(29)16(24)4-12-8-37-12/h9-12H,1-8,30-31H2,(H,32,33). The number of benzene rings is 2. The van der Waals surface area contributed by atoms with Crippen LogP contribution in [-0.4, -0.2) is 56.8 Å². The van der Waals surface area contributed by atoms with Gasteiger partial charge in [-0.05, 0) is 86.0 Å². The average Bonchev–Trinajstić information content (AvgIpc) is 3.70. The number of hydrogen-bond acceptors (Lipinski definition) is 7. The summed E-state index contributed by atoms with van der Waals surface area (Å²) in [6, 6.07) is 0. The highest BCUT2D eigenvalue weighted by Crippen LogP contribution is 2.45. The van der Waals surface area contributed by atoms with Crippen LogP contribution in [0.2, 0.25) is 0 Å². The van der Waals surface area contributed by atoms with Gasteiger partial charge in [0.25, 0.3) is 5.91 Å². The Morgan fingerprint density at radius 1 is 0.649 bits per heavy atom. The van der Waals surface area contributed by atoms with E-state index in [0.29, 0.717) is 78.0 Å². The van der Waals surface area contributed by atoms with Crippen LogP contribution in [0.1, 0.15) is 32.6 Å². The molecule has 5 N–H and O–H groups in total. The third-order valence-corrected chi connectivity index (χ3v) is 10.6. The zero-order valence-electron chi connectivity index (χ0n) is 19.7. The van der Waals surface area contributed by atoms with E-state index in [1.165, 1.54) is 0 Å². The lowest BCUT2D eigenvalue weighted by Gasteiger charge is -2.23. The first kappa shape index (κ1) is 26.5. The van der Waals surface area contributed by atoms with Crippen LogP contribution in [-0.2, 0) is 44.6 Å². The minimum Gasteiger partial charge on any atom is -0.397 e. The topological polar surface area (TPSA) is 131 Å². The summed E-state index contributed by atoms with van der Waals surface area (Å²) in [5.41, 5.74) is 18.9. The summed E-state index contributed by atoms with van der Waals surface area (Å²) >= 11 is 14.7. The SMILES string of the molecule is Nc1c(Br)c(CC2CO2)c(NC(=O)c2c(CC3CO3)c(Br)c(N)c(Br)c2CC2CO2)c(CC2CO2)c1Br. The molecule has 0 aliphatic carbocycles. The molecule has 6 rings (SSSR count). The van der Waals surface area contributed by atoms with Crippen molar-refractivity contribution < 1.29 is 23.7 Å². The van der Waals surface area contributed by atoms with Crippen molar-refractivity contribution in [2.45, 2.75) is 50.1 Å². The van der Waals surface area contributed by atoms with Gasteiger partial charge in [0.1, 0.15) is 0 Å². The van der Waals surface area contributed by atoms with Crippen molar-refractivity contribution in [2.75, 3.05) is 43.2 Å². The molecule has 37 heavy (non-hydrogen) atoms. The molecule has 0 saturated carbocycles. The third-order valence-electron chi connectivity index (χ3n) is 7.02. The summed E-state index contributed by atoms with van der Waals surface area (Å²) in [6.07, 6.45) is 2.77. The summed E-state index contributed by atoms with van der Waals surface area (Å²) in [6.45, 7) is 2.70. The molecule has 1 amide bonds. The van der Waals surface area contributed by atoms with E-state index in [9.17, 15) is 4.79 Å². The normalized spacial score (nSPS) is 25.2. The molecule has 4 heterocycles. The van der Waals surface area contributed by atoms with Crippen molar-refractivity contribution in [1.82, 2.24) is 0 Å². The molecule has 4 aliphatic rings. The van der Waals surface area contributed by atoms with Gasteiger partial charge < -0.3 is 35.7 Å². The molecule has 4 atom stereocenters. The Labute approximate surface area is 248 Å². The molecule has 2 aromatic carbocycles. The molecule has 0 aromatic heterocycles. The van der Waals surface area contributed by atoms with Crippen molar-refractivity contribution in [2.24, 2.45) is 0 Å². The van der Waals surface area contributed by atoms with E-state index in [4.69, 9.17) is 30.4 Å². The Morgan fingerprint density at radius 3 is 1.27 bits per heavy atom. The van der Waals surface area contributed by atoms with Crippen LogP contribution < -0.4 is 16.8 Å². The fraction of sp³-hybridized carbons (Fsp3) is 0.480. The van der Waals surface area contributed by atoms with Gasteiger partial charge in [-0.25, -0.2) is 0 Å². The van der Waals surface area contributed by atoms with E-state index in [2.05, 4.69) is 69.0 Å². The zero-order valence-corrected chi connectivity index (χ0v) is 26.0. The molecular weight excluding hydrogens is 742 g/mol. The van der Waals surface area contributed by atoms with Gasteiger partial charge in [-0.3, -0.25) is 4.79 Å². The number of ether oxygens (including phenoxy) is 4. The molecule has 4 aliphatic heterocycles. The fourth-order valence-corrected chi connectivity index (χ4v) is 7.43. The molecule has 0 bridgehead atoms. The van der Waals surface area contributed by atoms with E-state index >= 15 is 0 Å². The number of carbonyl (C=O) groups is 1. The summed E-state index contributed by atoms with van der Waals surface area (Å²) in [7, 11) is 0. The van der Waals surface area contributed by atoms with Gasteiger partial charge >= 0.3 is 0 Å². The number of amides is 1. The third kappa shape index (κ3) is 5.63. The number of nitrogens with one attached hydrogen (secondary N) is 1. The van der Waals surface area contributed by atoms with Crippen LogP contribution in [0.15, 0.2) is 17.9 Å². The van der Waals surface area contributed by atoms with Crippen molar-refractivity contribution in [3.8, 4) is 0 Å². The maximum atomic E-state index is 14.3. The lowest BCUT2D eigenvalue weighted by atomic mass is 9.92. The smallest absolute Gasteiger partial charge is 0.256 e. The second-order valence-electron chi connectivity index (χ2n) is 9.84. The van der Waals surface area contributed by atoms with E-state index in [-0.39, 0.29) is 30.3 Å². The summed E-state index contributed by atoms with van der Waals surface area (Å²) in [5.74, 6) is -0.216. The summed E-state index contributed by atoms with van der Waals surface area (Å²) in [5, 5.41) is 3.28. The van der Waals surface area contributed by atoms with Gasteiger partial charge in [-0.15, -0.1) is 0 Å². The maximum Gasteiger partial charge on any atom is 0.256 e. The average molecular weight is 767 g/mol. The van der Waals surface area contributed by atoms with Crippen LogP contribution >= 0.6 is 63.7 Å². The highest BCUT2D eigenvalue weighted by Gasteiger charge is 2.36. The largest absolute Gasteiger partial charge is 0.397 e. The molecule has 0 spiro atoms. The van der Waals surface area contributed by atoms with Crippen LogP contribution in [0.3, 0.4) is 0 Å². The van der Waals surface area contributed by atoms with Crippen LogP contribution in [0.4, 0.5) is 17.1 Å². The van der Waals surface area contributed by atoms with Gasteiger partial charge in [0.15, 0.2) is 0 Å². The number of halogens is 4. The lowest BCUT2D eigenvalue weighted by molar-refractivity contribution is 0.102. The number of nitrogens with two attached hydrogens (primary N) is 2. The maximum absolute atomic E-state index is 14.3. The molecule has 12 heteroatoms. The van der Waals surface area contributed by atoms with Crippen LogP contribution in [0.5, 0.6) is 0 Å². The fourth-order valence-electron chi connectivity index (χ4n) is 4.67. The van der Waals surface area contributed by atoms with Crippen molar-refractivity contribution in [3.63, 3.8) is 0 Å². The van der Waals surface area contributed by atoms with E-state index in [1.54, 1.807) is 0 Å². The second-order valence-corrected chi connectivity index (χ2v) is 13.0. The quantitative estimate of drug-likeness (QED) is 0.231. The Balaban J connectivity index is 1.47. The molecule has 4 fully saturated rings. The monoisotopic (exact) mass is 763 g/mol. The molecule has 4 unspecified atom stereocenters. The van der Waals surface area contributed by atoms with Gasteiger partial charge in [-0.1, -0.05) is 0 Å². The predicted octanol–water partition coefficient (Wildman–Crippen LogP) is 4.92. The van der Waals surface area contributed by atoms with Gasteiger partial charge in [-0.2, -0.15) is 0 Å². The molecule has 198 valence electrons. The summed E-state index contributed by atoms with van der Waals surface area (Å²) in [4.78, 5) is 14.3. The van der Waals surface area contributed by atoms with E-state index in [0.717, 1.165) is 36.9 Å². The number of anilines is 3. The lowest BCUT2D eigenvalue weighted by Crippen LogP contribution is -2.23. The van der Waals surface area contributed by atoms with Gasteiger partial charge in [0.2, 0.25) is 0 Å². The number of hydrogen-bond donors (Lipinski definition) is 3. The number of epoxide rings is 4. The second kappa shape index (κ2) is 10.3. The van der Waals surface area contributed by atoms with Gasteiger partial charge in [0.05, 0.1) is 67.9 Å². The molecule has 8 nitrogen and oxygen atoms in total. The summed E-state index contributed by atoms with van der Waals surface area (Å²) < 4.78 is 25.0. The molecule has 2 aromatic rings. The van der Waals surface area contributed by atoms with Crippen LogP contribution in [0.25, 0.3) is 0 Å². The van der Waals surface area contributed by atoms with Crippen LogP contribution in [0, 0.1) is 0 Å². The first-order valence-corrected chi connectivity index (χ1v) is 15.2. The Bertz CT molecular complexity index is 1210. The number of rotatable bonds is 10. The van der Waals surface area contributed by atoms with Crippen molar-refractivity contribution in [1.29, 1.82) is 0 Å². The van der Waals surface area contributed by atoms with Crippen molar-refractivity contribution >= 4 is 86.7 Å². The number of nitrogen functional groups attached to an aromatic ring is 2. The zero-order chi connectivity index (χ0) is 26.0. The minimum absolute atomic E-state index is 0.0680. The first-order chi connectivity index (χ1) is 17.7. The van der Waals surface area contributed by atoms with Gasteiger partial charge in [0, 0.05) is 49.1 Å². The number of carbonyl (C=O) groups excluding carboxylic acids is 1. The molecular formula is C25H25Br4N3O5. The van der Waals surface area contributed by atoms with E-state index < -0.39 is 0 Å². The molecule has 0 radical (unpaired) electrons. The van der Waals surface area contributed by atoms with Crippen molar-refractivity contribution in [3.05, 3.63) is 45.7 Å². The Morgan fingerprint density at radius 2 is 0.946 bits per heavy atom. The highest BCUT2D eigenvalue weighted by molar-refractivity contribution is 9.11. The predicted molar refractivity (Wildman–Crippen MR) is 154 cm³/mol. The highest BCUT2D eigenvalue weighted by atomic mass is 79.9.